The first-order chi connectivity index (χ1) is 13.2. The number of nitrogens with zero attached hydrogens (tertiary/aromatic N) is 4. The minimum absolute atomic E-state index is 0.0390. The number of carbonyl (C=O) groups excluding carboxylic acids is 1. The van der Waals surface area contributed by atoms with E-state index in [2.05, 4.69) is 20.0 Å². The highest BCUT2D eigenvalue weighted by Gasteiger charge is 2.35. The van der Waals surface area contributed by atoms with Crippen LogP contribution in [0.5, 0.6) is 5.75 Å². The fraction of sp³-hybridized carbons (Fsp3) is 0.500. The summed E-state index contributed by atoms with van der Waals surface area (Å²) < 4.78 is 43.8. The largest absolute Gasteiger partial charge is 0.501 e. The summed E-state index contributed by atoms with van der Waals surface area (Å²) in [7, 11) is 1.36. The number of rotatable bonds is 4. The number of aromatic hydroxyl groups is 1. The van der Waals surface area contributed by atoms with Gasteiger partial charge in [0, 0.05) is 19.5 Å². The van der Waals surface area contributed by atoms with E-state index in [0.29, 0.717) is 12.8 Å². The molecule has 1 fully saturated rings. The Bertz CT molecular complexity index is 910. The maximum absolute atomic E-state index is 12.7. The number of likely N-dealkylation sites (tertiary alicyclic amines) is 1. The zero-order chi connectivity index (χ0) is 20.5. The average molecular weight is 401 g/mol. The molecule has 0 spiro atoms. The molecule has 9 nitrogen and oxygen atoms in total. The Morgan fingerprint density at radius 3 is 2.86 bits per heavy atom. The number of anilines is 1. The summed E-state index contributed by atoms with van der Waals surface area (Å²) in [5.74, 6) is -2.05. The summed E-state index contributed by atoms with van der Waals surface area (Å²) in [6.07, 6.45) is -0.980. The molecule has 12 heteroatoms. The molecule has 1 aliphatic heterocycles. The van der Waals surface area contributed by atoms with Crippen molar-refractivity contribution in [1.82, 2.24) is 19.6 Å². The zero-order valence-corrected chi connectivity index (χ0v) is 14.9. The zero-order valence-electron chi connectivity index (χ0n) is 14.9. The van der Waals surface area contributed by atoms with E-state index in [0.717, 1.165) is 10.8 Å². The molecule has 152 valence electrons. The third kappa shape index (κ3) is 4.32. The van der Waals surface area contributed by atoms with Crippen molar-refractivity contribution in [1.29, 1.82) is 0 Å². The normalized spacial score (nSPS) is 18.2. The van der Waals surface area contributed by atoms with Crippen LogP contribution in [-0.4, -0.2) is 56.4 Å². The van der Waals surface area contributed by atoms with Crippen LogP contribution in [0, 0.1) is 0 Å². The van der Waals surface area contributed by atoms with Gasteiger partial charge in [-0.05, 0) is 19.4 Å². The van der Waals surface area contributed by atoms with Gasteiger partial charge in [0.15, 0.2) is 5.69 Å². The van der Waals surface area contributed by atoms with E-state index in [1.54, 1.807) is 0 Å². The molecule has 2 aromatic rings. The van der Waals surface area contributed by atoms with Gasteiger partial charge in [-0.2, -0.15) is 13.2 Å². The molecule has 0 saturated carbocycles. The van der Waals surface area contributed by atoms with Crippen molar-refractivity contribution in [2.24, 2.45) is 7.05 Å². The first-order valence-corrected chi connectivity index (χ1v) is 8.45. The summed E-state index contributed by atoms with van der Waals surface area (Å²) in [5.41, 5.74) is -1.16. The van der Waals surface area contributed by atoms with E-state index < -0.39 is 41.5 Å². The SMILES string of the molecule is Cn1c(C2CCCN(CC(F)(F)F)C2)nc(C(=O)Nc2cnoc2)c(O)c1=O. The van der Waals surface area contributed by atoms with Crippen LogP contribution in [-0.2, 0) is 7.05 Å². The van der Waals surface area contributed by atoms with Crippen LogP contribution < -0.4 is 10.9 Å². The molecule has 1 unspecified atom stereocenters. The highest BCUT2D eigenvalue weighted by Crippen LogP contribution is 2.28. The molecular formula is C16H18F3N5O4. The Morgan fingerprint density at radius 2 is 2.21 bits per heavy atom. The van der Waals surface area contributed by atoms with Gasteiger partial charge >= 0.3 is 6.18 Å². The van der Waals surface area contributed by atoms with E-state index in [4.69, 9.17) is 0 Å². The standard InChI is InChI=1S/C16H18F3N5O4/c1-23-13(9-3-2-4-24(6-9)8-16(17,18)19)22-11(12(25)15(23)27)14(26)21-10-5-20-28-7-10/h5,7,9,25H,2-4,6,8H2,1H3,(H,21,26). The van der Waals surface area contributed by atoms with Crippen LogP contribution in [0.15, 0.2) is 21.8 Å². The third-order valence-corrected chi connectivity index (χ3v) is 4.48. The number of piperidine rings is 1. The first-order valence-electron chi connectivity index (χ1n) is 8.45. The second-order valence-electron chi connectivity index (χ2n) is 6.59. The Kier molecular flexibility index (Phi) is 5.40. The number of carbonyl (C=O) groups is 1. The maximum Gasteiger partial charge on any atom is 0.401 e. The Hall–Kier alpha value is -2.89. The highest BCUT2D eigenvalue weighted by atomic mass is 19.4. The lowest BCUT2D eigenvalue weighted by Gasteiger charge is -2.33. The van der Waals surface area contributed by atoms with Crippen molar-refractivity contribution >= 4 is 11.6 Å². The molecule has 3 rings (SSSR count). The Morgan fingerprint density at radius 1 is 1.46 bits per heavy atom. The molecule has 0 aromatic carbocycles. The predicted octanol–water partition coefficient (Wildman–Crippen LogP) is 1.47. The Balaban J connectivity index is 1.89. The Labute approximate surface area is 156 Å². The van der Waals surface area contributed by atoms with Gasteiger partial charge in [0.05, 0.1) is 12.7 Å². The number of amides is 1. The van der Waals surface area contributed by atoms with Crippen LogP contribution in [0.3, 0.4) is 0 Å². The van der Waals surface area contributed by atoms with Gasteiger partial charge in [0.2, 0.25) is 5.75 Å². The molecular weight excluding hydrogens is 383 g/mol. The van der Waals surface area contributed by atoms with Gasteiger partial charge in [-0.25, -0.2) is 4.98 Å². The van der Waals surface area contributed by atoms with Crippen molar-refractivity contribution < 1.29 is 27.6 Å². The van der Waals surface area contributed by atoms with Crippen molar-refractivity contribution in [2.45, 2.75) is 24.9 Å². The molecule has 0 bridgehead atoms. The molecule has 1 amide bonds. The molecule has 3 heterocycles. The van der Waals surface area contributed by atoms with Crippen LogP contribution in [0.1, 0.15) is 35.1 Å². The van der Waals surface area contributed by atoms with Crippen molar-refractivity contribution in [3.63, 3.8) is 0 Å². The predicted molar refractivity (Wildman–Crippen MR) is 90.1 cm³/mol. The monoisotopic (exact) mass is 401 g/mol. The number of alkyl halides is 3. The van der Waals surface area contributed by atoms with Crippen molar-refractivity contribution in [3.8, 4) is 5.75 Å². The molecule has 1 aliphatic rings. The number of hydrogen-bond acceptors (Lipinski definition) is 7. The van der Waals surface area contributed by atoms with Gasteiger partial charge in [-0.15, -0.1) is 0 Å². The summed E-state index contributed by atoms with van der Waals surface area (Å²) in [6, 6.07) is 0. The lowest BCUT2D eigenvalue weighted by Crippen LogP contribution is -2.42. The second kappa shape index (κ2) is 7.62. The molecule has 1 saturated heterocycles. The molecule has 2 N–H and O–H groups in total. The fourth-order valence-corrected chi connectivity index (χ4v) is 3.25. The van der Waals surface area contributed by atoms with Crippen LogP contribution in [0.2, 0.25) is 0 Å². The molecule has 2 aromatic heterocycles. The number of aromatic nitrogens is 3. The molecule has 28 heavy (non-hydrogen) atoms. The van der Waals surface area contributed by atoms with Gasteiger partial charge in [-0.3, -0.25) is 19.1 Å². The van der Waals surface area contributed by atoms with E-state index in [1.165, 1.54) is 18.1 Å². The average Bonchev–Trinajstić information content (AvgIpc) is 3.11. The second-order valence-corrected chi connectivity index (χ2v) is 6.59. The van der Waals surface area contributed by atoms with Gasteiger partial charge in [0.1, 0.15) is 17.8 Å². The minimum atomic E-state index is -4.33. The first kappa shape index (κ1) is 19.9. The molecule has 0 aliphatic carbocycles. The minimum Gasteiger partial charge on any atom is -0.501 e. The molecule has 0 radical (unpaired) electrons. The number of nitrogens with one attached hydrogen (secondary N) is 1. The van der Waals surface area contributed by atoms with Crippen LogP contribution in [0.4, 0.5) is 18.9 Å². The van der Waals surface area contributed by atoms with Crippen molar-refractivity contribution in [3.05, 3.63) is 34.3 Å². The summed E-state index contributed by atoms with van der Waals surface area (Å²) >= 11 is 0. The van der Waals surface area contributed by atoms with Gasteiger partial charge < -0.3 is 14.9 Å². The summed E-state index contributed by atoms with van der Waals surface area (Å²) in [5, 5.41) is 15.8. The van der Waals surface area contributed by atoms with E-state index in [-0.39, 0.29) is 24.6 Å². The van der Waals surface area contributed by atoms with Crippen molar-refractivity contribution in [2.75, 3.05) is 25.0 Å². The van der Waals surface area contributed by atoms with Gasteiger partial charge in [-0.1, -0.05) is 5.16 Å². The summed E-state index contributed by atoms with van der Waals surface area (Å²) in [4.78, 5) is 30.1. The van der Waals surface area contributed by atoms with E-state index >= 15 is 0 Å². The lowest BCUT2D eigenvalue weighted by molar-refractivity contribution is -0.148. The quantitative estimate of drug-likeness (QED) is 0.798. The van der Waals surface area contributed by atoms with Gasteiger partial charge in [0.25, 0.3) is 11.5 Å². The number of hydrogen-bond donors (Lipinski definition) is 2. The summed E-state index contributed by atoms with van der Waals surface area (Å²) in [6.45, 7) is -0.740. The van der Waals surface area contributed by atoms with Crippen LogP contribution in [0.25, 0.3) is 0 Å². The van der Waals surface area contributed by atoms with E-state index in [9.17, 15) is 27.9 Å². The van der Waals surface area contributed by atoms with E-state index in [1.807, 2.05) is 0 Å². The smallest absolute Gasteiger partial charge is 0.401 e. The highest BCUT2D eigenvalue weighted by molar-refractivity contribution is 6.04. The maximum atomic E-state index is 12.7. The molecule has 1 atom stereocenters. The third-order valence-electron chi connectivity index (χ3n) is 4.48. The number of halogens is 3. The van der Waals surface area contributed by atoms with Crippen LogP contribution >= 0.6 is 0 Å². The topological polar surface area (TPSA) is 113 Å². The lowest BCUT2D eigenvalue weighted by atomic mass is 9.96. The fourth-order valence-electron chi connectivity index (χ4n) is 3.25.